The molecule has 4 aromatic rings. The number of carbonyl (C=O) groups is 1. The van der Waals surface area contributed by atoms with Crippen molar-refractivity contribution in [1.29, 1.82) is 0 Å². The highest BCUT2D eigenvalue weighted by molar-refractivity contribution is 6.10. The van der Waals surface area contributed by atoms with Crippen LogP contribution in [-0.2, 0) is 0 Å². The fourth-order valence-corrected chi connectivity index (χ4v) is 3.22. The van der Waals surface area contributed by atoms with Crippen LogP contribution in [0.1, 0.15) is 36.8 Å². The molecule has 0 aliphatic heterocycles. The molecule has 6 nitrogen and oxygen atoms in total. The normalized spacial score (nSPS) is 12.7. The van der Waals surface area contributed by atoms with Crippen LogP contribution in [-0.4, -0.2) is 37.1 Å². The molecule has 0 saturated carbocycles. The number of aliphatic hydroxyl groups is 1. The predicted molar refractivity (Wildman–Crippen MR) is 118 cm³/mol. The minimum atomic E-state index is -1.03. The molecule has 0 spiro atoms. The minimum Gasteiger partial charge on any atom is -0.388 e. The summed E-state index contributed by atoms with van der Waals surface area (Å²) in [5, 5.41) is 13.8. The summed E-state index contributed by atoms with van der Waals surface area (Å²) in [4.78, 5) is 22.0. The molecule has 164 valence electrons. The van der Waals surface area contributed by atoms with Crippen molar-refractivity contribution < 1.29 is 18.7 Å². The van der Waals surface area contributed by atoms with Gasteiger partial charge in [-0.3, -0.25) is 9.36 Å². The Balaban J connectivity index is 1.90. The molecule has 0 amide bonds. The van der Waals surface area contributed by atoms with Crippen LogP contribution >= 0.6 is 0 Å². The molecule has 2 heterocycles. The molecule has 0 aliphatic rings. The third-order valence-corrected chi connectivity index (χ3v) is 5.38. The smallest absolute Gasteiger partial charge is 0.224 e. The number of benzene rings is 2. The first-order valence-corrected chi connectivity index (χ1v) is 10.1. The average Bonchev–Trinajstić information content (AvgIpc) is 3.12. The molecule has 0 radical (unpaired) electrons. The SMILES string of the molecule is CC(Nc1ncc2cc(C(=O)c3ccc(F)cc3)n(-c3ccccc3F)c2n1)C(C)(C)O. The molecule has 1 unspecified atom stereocenters. The number of aromatic nitrogens is 3. The van der Waals surface area contributed by atoms with Gasteiger partial charge in [-0.15, -0.1) is 0 Å². The van der Waals surface area contributed by atoms with Crippen LogP contribution in [0.25, 0.3) is 16.7 Å². The van der Waals surface area contributed by atoms with E-state index in [0.717, 1.165) is 0 Å². The number of rotatable bonds is 6. The van der Waals surface area contributed by atoms with Crippen molar-refractivity contribution in [2.24, 2.45) is 0 Å². The van der Waals surface area contributed by atoms with E-state index in [2.05, 4.69) is 15.3 Å². The van der Waals surface area contributed by atoms with Crippen molar-refractivity contribution in [3.8, 4) is 5.69 Å². The van der Waals surface area contributed by atoms with Crippen LogP contribution in [0, 0.1) is 11.6 Å². The van der Waals surface area contributed by atoms with Crippen molar-refractivity contribution in [3.63, 3.8) is 0 Å². The van der Waals surface area contributed by atoms with Crippen molar-refractivity contribution >= 4 is 22.8 Å². The number of halogens is 2. The molecule has 0 aliphatic carbocycles. The third kappa shape index (κ3) is 4.09. The molecule has 4 rings (SSSR count). The lowest BCUT2D eigenvalue weighted by atomic mass is 10.0. The molecule has 2 aromatic carbocycles. The van der Waals surface area contributed by atoms with E-state index in [1.807, 2.05) is 0 Å². The molecular formula is C24H22F2N4O2. The predicted octanol–water partition coefficient (Wildman–Crippen LogP) is 4.50. The lowest BCUT2D eigenvalue weighted by Gasteiger charge is -2.26. The van der Waals surface area contributed by atoms with Gasteiger partial charge in [-0.2, -0.15) is 4.98 Å². The van der Waals surface area contributed by atoms with Gasteiger partial charge in [0.1, 0.15) is 11.6 Å². The maximum Gasteiger partial charge on any atom is 0.224 e. The summed E-state index contributed by atoms with van der Waals surface area (Å²) in [5.41, 5.74) is -0.142. The molecule has 32 heavy (non-hydrogen) atoms. The van der Waals surface area contributed by atoms with Gasteiger partial charge in [-0.25, -0.2) is 13.8 Å². The standard InChI is InChI=1S/C24H22F2N4O2/c1-14(24(2,3)32)28-23-27-13-16-12-20(21(31)15-8-10-17(25)11-9-15)30(22(16)29-23)19-7-5-4-6-18(19)26/h4-14,32H,1-3H3,(H,27,28,29). The number of nitrogens with zero attached hydrogens (tertiary/aromatic N) is 3. The summed E-state index contributed by atoms with van der Waals surface area (Å²) >= 11 is 0. The average molecular weight is 436 g/mol. The minimum absolute atomic E-state index is 0.146. The van der Waals surface area contributed by atoms with E-state index < -0.39 is 23.0 Å². The number of ketones is 1. The Morgan fingerprint density at radius 3 is 2.47 bits per heavy atom. The molecule has 0 bridgehead atoms. The van der Waals surface area contributed by atoms with E-state index in [1.165, 1.54) is 41.1 Å². The highest BCUT2D eigenvalue weighted by Crippen LogP contribution is 2.27. The quantitative estimate of drug-likeness (QED) is 0.435. The van der Waals surface area contributed by atoms with Gasteiger partial charge in [-0.1, -0.05) is 12.1 Å². The molecule has 8 heteroatoms. The number of para-hydroxylation sites is 1. The van der Waals surface area contributed by atoms with Gasteiger partial charge in [0.2, 0.25) is 11.7 Å². The first kappa shape index (κ1) is 21.6. The van der Waals surface area contributed by atoms with E-state index in [4.69, 9.17) is 0 Å². The van der Waals surface area contributed by atoms with E-state index in [-0.39, 0.29) is 28.9 Å². The summed E-state index contributed by atoms with van der Waals surface area (Å²) in [5.74, 6) is -1.18. The second kappa shape index (κ2) is 8.12. The van der Waals surface area contributed by atoms with Gasteiger partial charge in [0.15, 0.2) is 5.65 Å². The molecule has 2 aromatic heterocycles. The van der Waals surface area contributed by atoms with Crippen LogP contribution in [0.5, 0.6) is 0 Å². The van der Waals surface area contributed by atoms with E-state index in [0.29, 0.717) is 11.0 Å². The number of fused-ring (bicyclic) bond motifs is 1. The fraction of sp³-hybridized carbons (Fsp3) is 0.208. The van der Waals surface area contributed by atoms with E-state index in [9.17, 15) is 18.7 Å². The highest BCUT2D eigenvalue weighted by Gasteiger charge is 2.25. The summed E-state index contributed by atoms with van der Waals surface area (Å²) in [7, 11) is 0. The topological polar surface area (TPSA) is 80.0 Å². The van der Waals surface area contributed by atoms with E-state index in [1.54, 1.807) is 45.0 Å². The Hall–Kier alpha value is -3.65. The van der Waals surface area contributed by atoms with Gasteiger partial charge in [-0.05, 0) is 63.2 Å². The van der Waals surface area contributed by atoms with Crippen LogP contribution < -0.4 is 5.32 Å². The van der Waals surface area contributed by atoms with Crippen molar-refractivity contribution in [2.45, 2.75) is 32.4 Å². The van der Waals surface area contributed by atoms with Gasteiger partial charge in [0.05, 0.1) is 23.0 Å². The summed E-state index contributed by atoms with van der Waals surface area (Å²) in [6, 6.07) is 12.4. The second-order valence-corrected chi connectivity index (χ2v) is 8.14. The number of hydrogen-bond acceptors (Lipinski definition) is 5. The van der Waals surface area contributed by atoms with Gasteiger partial charge < -0.3 is 10.4 Å². The number of carbonyl (C=O) groups excluding carboxylic acids is 1. The van der Waals surface area contributed by atoms with Gasteiger partial charge in [0, 0.05) is 17.1 Å². The van der Waals surface area contributed by atoms with Crippen LogP contribution in [0.2, 0.25) is 0 Å². The summed E-state index contributed by atoms with van der Waals surface area (Å²) in [6.07, 6.45) is 1.53. The monoisotopic (exact) mass is 436 g/mol. The molecule has 0 fully saturated rings. The summed E-state index contributed by atoms with van der Waals surface area (Å²) < 4.78 is 29.5. The maximum absolute atomic E-state index is 14.8. The molecular weight excluding hydrogens is 414 g/mol. The molecule has 0 saturated heterocycles. The lowest BCUT2D eigenvalue weighted by molar-refractivity contribution is 0.0646. The second-order valence-electron chi connectivity index (χ2n) is 8.14. The number of hydrogen-bond donors (Lipinski definition) is 2. The number of nitrogens with one attached hydrogen (secondary N) is 1. The first-order valence-electron chi connectivity index (χ1n) is 10.1. The maximum atomic E-state index is 14.8. The zero-order chi connectivity index (χ0) is 23.0. The Morgan fingerprint density at radius 1 is 1.12 bits per heavy atom. The van der Waals surface area contributed by atoms with Gasteiger partial charge in [0.25, 0.3) is 0 Å². The first-order chi connectivity index (χ1) is 15.1. The molecule has 2 N–H and O–H groups in total. The zero-order valence-electron chi connectivity index (χ0n) is 17.8. The zero-order valence-corrected chi connectivity index (χ0v) is 17.8. The van der Waals surface area contributed by atoms with E-state index >= 15 is 0 Å². The Bertz CT molecular complexity index is 1290. The lowest BCUT2D eigenvalue weighted by Crippen LogP contribution is -2.39. The van der Waals surface area contributed by atoms with Crippen LogP contribution in [0.3, 0.4) is 0 Å². The Kier molecular flexibility index (Phi) is 5.48. The molecule has 1 atom stereocenters. The van der Waals surface area contributed by atoms with Crippen molar-refractivity contribution in [1.82, 2.24) is 14.5 Å². The van der Waals surface area contributed by atoms with Crippen molar-refractivity contribution in [2.75, 3.05) is 5.32 Å². The van der Waals surface area contributed by atoms with Crippen molar-refractivity contribution in [3.05, 3.63) is 83.7 Å². The highest BCUT2D eigenvalue weighted by atomic mass is 19.1. The Morgan fingerprint density at radius 2 is 1.81 bits per heavy atom. The Labute approximate surface area is 183 Å². The summed E-state index contributed by atoms with van der Waals surface area (Å²) in [6.45, 7) is 5.10. The fourth-order valence-electron chi connectivity index (χ4n) is 3.22. The number of anilines is 1. The van der Waals surface area contributed by atoms with Crippen LogP contribution in [0.15, 0.2) is 60.8 Å². The third-order valence-electron chi connectivity index (χ3n) is 5.38. The van der Waals surface area contributed by atoms with Crippen LogP contribution in [0.4, 0.5) is 14.7 Å². The largest absolute Gasteiger partial charge is 0.388 e. The van der Waals surface area contributed by atoms with Gasteiger partial charge >= 0.3 is 0 Å².